The van der Waals surface area contributed by atoms with Crippen molar-refractivity contribution in [2.45, 2.75) is 0 Å². The zero-order chi connectivity index (χ0) is 22.1. The van der Waals surface area contributed by atoms with E-state index in [1.807, 2.05) is 24.4 Å². The molecule has 1 N–H and O–H groups in total. The maximum atomic E-state index is 5.45. The summed E-state index contributed by atoms with van der Waals surface area (Å²) in [5.74, 6) is 1.43. The zero-order valence-electron chi connectivity index (χ0n) is 18.8. The molecule has 4 aromatic rings. The van der Waals surface area contributed by atoms with Gasteiger partial charge in [0.2, 0.25) is 0 Å². The maximum absolute atomic E-state index is 5.45. The number of hydrogen-bond donors (Lipinski definition) is 1. The number of aromatic amines is 1. The van der Waals surface area contributed by atoms with Crippen LogP contribution in [0.2, 0.25) is 0 Å². The number of anilines is 1. The lowest BCUT2D eigenvalue weighted by Gasteiger charge is -2.34. The molecule has 5 rings (SSSR count). The van der Waals surface area contributed by atoms with E-state index in [0.29, 0.717) is 5.75 Å². The maximum Gasteiger partial charge on any atom is 0.161 e. The van der Waals surface area contributed by atoms with Crippen molar-refractivity contribution in [1.29, 1.82) is 0 Å². The van der Waals surface area contributed by atoms with Crippen molar-refractivity contribution in [1.82, 2.24) is 14.9 Å². The Balaban J connectivity index is 1.41. The molecule has 32 heavy (non-hydrogen) atoms. The second-order valence-corrected chi connectivity index (χ2v) is 8.25. The summed E-state index contributed by atoms with van der Waals surface area (Å²) in [5, 5.41) is 1.08. The van der Waals surface area contributed by atoms with Gasteiger partial charge in [-0.25, -0.2) is 0 Å². The summed E-state index contributed by atoms with van der Waals surface area (Å²) < 4.78 is 10.8. The lowest BCUT2D eigenvalue weighted by molar-refractivity contribution is 0.313. The molecule has 164 valence electrons. The third kappa shape index (κ3) is 3.89. The highest BCUT2D eigenvalue weighted by Gasteiger charge is 2.14. The van der Waals surface area contributed by atoms with Crippen molar-refractivity contribution in [3.63, 3.8) is 0 Å². The van der Waals surface area contributed by atoms with E-state index < -0.39 is 0 Å². The van der Waals surface area contributed by atoms with Gasteiger partial charge in [0.05, 0.1) is 19.9 Å². The fraction of sp³-hybridized carbons (Fsp3) is 0.269. The van der Waals surface area contributed by atoms with Gasteiger partial charge in [-0.15, -0.1) is 0 Å². The fourth-order valence-electron chi connectivity index (χ4n) is 4.25. The van der Waals surface area contributed by atoms with Crippen LogP contribution in [0.5, 0.6) is 11.5 Å². The third-order valence-electron chi connectivity index (χ3n) is 6.23. The predicted molar refractivity (Wildman–Crippen MR) is 130 cm³/mol. The minimum atomic E-state index is 0.711. The van der Waals surface area contributed by atoms with E-state index in [4.69, 9.17) is 14.5 Å². The third-order valence-corrected chi connectivity index (χ3v) is 6.23. The number of pyridine rings is 1. The first kappa shape index (κ1) is 20.4. The lowest BCUT2D eigenvalue weighted by Crippen LogP contribution is -2.44. The average Bonchev–Trinajstić information content (AvgIpc) is 3.27. The van der Waals surface area contributed by atoms with Crippen LogP contribution in [0.25, 0.3) is 33.4 Å². The zero-order valence-corrected chi connectivity index (χ0v) is 18.8. The van der Waals surface area contributed by atoms with Gasteiger partial charge in [-0.1, -0.05) is 12.1 Å². The first-order valence-corrected chi connectivity index (χ1v) is 10.9. The summed E-state index contributed by atoms with van der Waals surface area (Å²) >= 11 is 0. The van der Waals surface area contributed by atoms with Crippen molar-refractivity contribution in [3.8, 4) is 34.0 Å². The van der Waals surface area contributed by atoms with Crippen LogP contribution in [0.1, 0.15) is 0 Å². The number of nitrogens with zero attached hydrogens (tertiary/aromatic N) is 3. The molecule has 3 heterocycles. The van der Waals surface area contributed by atoms with E-state index in [-0.39, 0.29) is 0 Å². The molecule has 0 spiro atoms. The molecule has 2 aromatic carbocycles. The van der Waals surface area contributed by atoms with Gasteiger partial charge < -0.3 is 24.3 Å². The molecule has 0 saturated carbocycles. The Hall–Kier alpha value is -3.51. The van der Waals surface area contributed by atoms with Crippen LogP contribution in [0.15, 0.2) is 60.8 Å². The van der Waals surface area contributed by atoms with Crippen LogP contribution >= 0.6 is 0 Å². The van der Waals surface area contributed by atoms with Crippen molar-refractivity contribution >= 4 is 16.6 Å². The molecule has 0 unspecified atom stereocenters. The Bertz CT molecular complexity index is 1220. The van der Waals surface area contributed by atoms with Gasteiger partial charge in [-0.2, -0.15) is 0 Å². The average molecular weight is 429 g/mol. The van der Waals surface area contributed by atoms with Gasteiger partial charge in [-0.05, 0) is 49.5 Å². The number of nitrogens with one attached hydrogen (secondary N) is 1. The van der Waals surface area contributed by atoms with Gasteiger partial charge in [0.1, 0.15) is 0 Å². The van der Waals surface area contributed by atoms with Crippen molar-refractivity contribution in [2.75, 3.05) is 52.3 Å². The van der Waals surface area contributed by atoms with Gasteiger partial charge in [0.15, 0.2) is 11.5 Å². The minimum Gasteiger partial charge on any atom is -0.493 e. The number of fused-ring (bicyclic) bond motifs is 1. The second kappa shape index (κ2) is 8.55. The number of methoxy groups -OCH3 is 2. The van der Waals surface area contributed by atoms with Crippen LogP contribution < -0.4 is 14.4 Å². The Labute approximate surface area is 188 Å². The van der Waals surface area contributed by atoms with Crippen LogP contribution in [-0.2, 0) is 0 Å². The second-order valence-electron chi connectivity index (χ2n) is 8.25. The molecule has 1 aliphatic heterocycles. The van der Waals surface area contributed by atoms with E-state index in [9.17, 15) is 0 Å². The summed E-state index contributed by atoms with van der Waals surface area (Å²) in [6.45, 7) is 4.35. The number of likely N-dealkylation sites (N-methyl/N-ethyl adjacent to an activating group) is 1. The molecule has 6 heteroatoms. The molecule has 0 radical (unpaired) electrons. The summed E-state index contributed by atoms with van der Waals surface area (Å²) in [6, 6.07) is 18.9. The van der Waals surface area contributed by atoms with Gasteiger partial charge in [0.25, 0.3) is 0 Å². The number of aromatic nitrogens is 2. The number of benzene rings is 2. The molecular formula is C26H28N4O2. The number of H-pyrrole nitrogens is 1. The predicted octanol–water partition coefficient (Wildman–Crippen LogP) is 4.67. The Morgan fingerprint density at radius 3 is 2.25 bits per heavy atom. The molecule has 2 aromatic heterocycles. The van der Waals surface area contributed by atoms with Crippen LogP contribution in [0.4, 0.5) is 5.69 Å². The number of ether oxygens (including phenoxy) is 2. The smallest absolute Gasteiger partial charge is 0.161 e. The largest absolute Gasteiger partial charge is 0.493 e. The molecule has 1 fully saturated rings. The van der Waals surface area contributed by atoms with E-state index in [0.717, 1.165) is 65.3 Å². The van der Waals surface area contributed by atoms with Crippen LogP contribution in [-0.4, -0.2) is 62.3 Å². The Morgan fingerprint density at radius 1 is 0.812 bits per heavy atom. The van der Waals surface area contributed by atoms with E-state index in [1.165, 1.54) is 5.69 Å². The summed E-state index contributed by atoms with van der Waals surface area (Å²) in [7, 11) is 5.47. The summed E-state index contributed by atoms with van der Waals surface area (Å²) in [5.41, 5.74) is 6.47. The monoisotopic (exact) mass is 428 g/mol. The van der Waals surface area contributed by atoms with Crippen LogP contribution in [0, 0.1) is 0 Å². The molecule has 0 bridgehead atoms. The summed E-state index contributed by atoms with van der Waals surface area (Å²) in [4.78, 5) is 13.1. The van der Waals surface area contributed by atoms with Crippen molar-refractivity contribution in [2.24, 2.45) is 0 Å². The fourth-order valence-corrected chi connectivity index (χ4v) is 4.25. The Kier molecular flexibility index (Phi) is 5.45. The molecular weight excluding hydrogens is 400 g/mol. The lowest BCUT2D eigenvalue weighted by atomic mass is 10.1. The first-order chi connectivity index (χ1) is 15.6. The first-order valence-electron chi connectivity index (χ1n) is 10.9. The molecule has 0 atom stereocenters. The van der Waals surface area contributed by atoms with Gasteiger partial charge >= 0.3 is 0 Å². The molecule has 0 aliphatic carbocycles. The molecule has 0 amide bonds. The number of hydrogen-bond acceptors (Lipinski definition) is 5. The standard InChI is InChI=1S/C26H28N4O2/c1-29-10-12-30(13-11-29)21-7-4-18(5-8-21)22-16-24-20(17-27-22)14-23(28-24)19-6-9-25(31-2)26(15-19)32-3/h4-9,14-17,28H,10-13H2,1-3H3. The van der Waals surface area contributed by atoms with Gasteiger partial charge in [0, 0.05) is 65.8 Å². The highest BCUT2D eigenvalue weighted by molar-refractivity contribution is 5.88. The molecule has 1 aliphatic rings. The SMILES string of the molecule is COc1ccc(-c2cc3cnc(-c4ccc(N5CCN(C)CC5)cc4)cc3[nH]2)cc1OC. The van der Waals surface area contributed by atoms with Crippen molar-refractivity contribution < 1.29 is 9.47 Å². The van der Waals surface area contributed by atoms with E-state index in [2.05, 4.69) is 58.2 Å². The van der Waals surface area contributed by atoms with E-state index in [1.54, 1.807) is 14.2 Å². The van der Waals surface area contributed by atoms with Crippen molar-refractivity contribution in [3.05, 3.63) is 60.8 Å². The number of rotatable bonds is 5. The highest BCUT2D eigenvalue weighted by atomic mass is 16.5. The highest BCUT2D eigenvalue weighted by Crippen LogP contribution is 2.34. The topological polar surface area (TPSA) is 53.6 Å². The molecule has 1 saturated heterocycles. The number of piperazine rings is 1. The normalized spacial score (nSPS) is 14.7. The summed E-state index contributed by atoms with van der Waals surface area (Å²) in [6.07, 6.45) is 1.93. The quantitative estimate of drug-likeness (QED) is 0.501. The van der Waals surface area contributed by atoms with Crippen LogP contribution in [0.3, 0.4) is 0 Å². The minimum absolute atomic E-state index is 0.711. The van der Waals surface area contributed by atoms with E-state index >= 15 is 0 Å². The van der Waals surface area contributed by atoms with Gasteiger partial charge in [-0.3, -0.25) is 4.98 Å². The Morgan fingerprint density at radius 2 is 1.53 bits per heavy atom. The molecule has 6 nitrogen and oxygen atoms in total.